The number of ether oxygens (including phenoxy) is 2. The molecule has 0 heterocycles. The quantitative estimate of drug-likeness (QED) is 0.446. The van der Waals surface area contributed by atoms with Gasteiger partial charge in [-0.1, -0.05) is 20.3 Å². The van der Waals surface area contributed by atoms with Crippen LogP contribution in [0.1, 0.15) is 39.5 Å². The molecule has 1 unspecified atom stereocenters. The van der Waals surface area contributed by atoms with Gasteiger partial charge in [0.25, 0.3) is 0 Å². The molecule has 0 saturated heterocycles. The third kappa shape index (κ3) is 10.2. The molecule has 5 heteroatoms. The fourth-order valence-electron chi connectivity index (χ4n) is 2.27. The molecule has 0 spiro atoms. The van der Waals surface area contributed by atoms with Gasteiger partial charge in [0.1, 0.15) is 0 Å². The number of unbranched alkanes of at least 4 members (excludes halogenated alkanes) is 1. The van der Waals surface area contributed by atoms with Gasteiger partial charge < -0.3 is 19.9 Å². The standard InChI is InChI=1S/C16H34N2O3/c1-3-5-10-20-11-12-21-14-16(19)13-17-8-9-18(4-2)15-6-7-15/h15-17,19H,3-14H2,1-2H3. The number of nitrogens with zero attached hydrogens (tertiary/aromatic N) is 1. The lowest BCUT2D eigenvalue weighted by atomic mass is 10.3. The van der Waals surface area contributed by atoms with E-state index in [1.54, 1.807) is 0 Å². The van der Waals surface area contributed by atoms with Crippen molar-refractivity contribution >= 4 is 0 Å². The van der Waals surface area contributed by atoms with Crippen LogP contribution in [0.5, 0.6) is 0 Å². The van der Waals surface area contributed by atoms with Crippen LogP contribution in [-0.4, -0.2) is 74.8 Å². The van der Waals surface area contributed by atoms with Crippen LogP contribution in [0.25, 0.3) is 0 Å². The molecule has 1 rings (SSSR count). The average molecular weight is 302 g/mol. The number of nitrogens with one attached hydrogen (secondary N) is 1. The van der Waals surface area contributed by atoms with E-state index in [1.807, 2.05) is 0 Å². The van der Waals surface area contributed by atoms with E-state index in [1.165, 1.54) is 12.8 Å². The summed E-state index contributed by atoms with van der Waals surface area (Å²) in [6.07, 6.45) is 4.52. The summed E-state index contributed by atoms with van der Waals surface area (Å²) in [5.41, 5.74) is 0. The number of aliphatic hydroxyl groups is 1. The molecule has 0 bridgehead atoms. The highest BCUT2D eigenvalue weighted by atomic mass is 16.5. The van der Waals surface area contributed by atoms with Gasteiger partial charge in [-0.2, -0.15) is 0 Å². The van der Waals surface area contributed by atoms with Crippen LogP contribution in [0.2, 0.25) is 0 Å². The van der Waals surface area contributed by atoms with Crippen LogP contribution in [0.3, 0.4) is 0 Å². The molecule has 5 nitrogen and oxygen atoms in total. The van der Waals surface area contributed by atoms with Crippen molar-refractivity contribution in [3.63, 3.8) is 0 Å². The van der Waals surface area contributed by atoms with Gasteiger partial charge in [0.15, 0.2) is 0 Å². The van der Waals surface area contributed by atoms with Gasteiger partial charge >= 0.3 is 0 Å². The first kappa shape index (κ1) is 18.8. The molecular weight excluding hydrogens is 268 g/mol. The Bertz CT molecular complexity index is 238. The van der Waals surface area contributed by atoms with Gasteiger partial charge in [0.2, 0.25) is 0 Å². The van der Waals surface area contributed by atoms with Crippen molar-refractivity contribution in [3.8, 4) is 0 Å². The first-order valence-corrected chi connectivity index (χ1v) is 8.56. The third-order valence-corrected chi connectivity index (χ3v) is 3.75. The highest BCUT2D eigenvalue weighted by Gasteiger charge is 2.26. The van der Waals surface area contributed by atoms with Crippen molar-refractivity contribution in [2.45, 2.75) is 51.7 Å². The maximum absolute atomic E-state index is 9.79. The molecule has 0 aliphatic heterocycles. The molecular formula is C16H34N2O3. The van der Waals surface area contributed by atoms with Crippen molar-refractivity contribution in [2.75, 3.05) is 52.6 Å². The minimum atomic E-state index is -0.434. The van der Waals surface area contributed by atoms with Crippen LogP contribution in [0.15, 0.2) is 0 Å². The van der Waals surface area contributed by atoms with E-state index in [9.17, 15) is 5.11 Å². The molecule has 1 fully saturated rings. The van der Waals surface area contributed by atoms with Crippen LogP contribution in [-0.2, 0) is 9.47 Å². The summed E-state index contributed by atoms with van der Waals surface area (Å²) in [7, 11) is 0. The zero-order chi connectivity index (χ0) is 15.3. The maximum Gasteiger partial charge on any atom is 0.0897 e. The number of likely N-dealkylation sites (N-methyl/N-ethyl adjacent to an activating group) is 1. The lowest BCUT2D eigenvalue weighted by Crippen LogP contribution is -2.37. The van der Waals surface area contributed by atoms with Gasteiger partial charge in [-0.3, -0.25) is 4.90 Å². The number of rotatable bonds is 15. The Morgan fingerprint density at radius 3 is 2.62 bits per heavy atom. The van der Waals surface area contributed by atoms with Crippen molar-refractivity contribution in [1.29, 1.82) is 0 Å². The van der Waals surface area contributed by atoms with Gasteiger partial charge in [0.05, 0.1) is 25.9 Å². The number of aliphatic hydroxyl groups excluding tert-OH is 1. The Morgan fingerprint density at radius 1 is 1.19 bits per heavy atom. The summed E-state index contributed by atoms with van der Waals surface area (Å²) in [6, 6.07) is 0.817. The molecule has 0 aromatic heterocycles. The summed E-state index contributed by atoms with van der Waals surface area (Å²) in [6.45, 7) is 10.4. The maximum atomic E-state index is 9.79. The Labute approximate surface area is 130 Å². The minimum Gasteiger partial charge on any atom is -0.389 e. The third-order valence-electron chi connectivity index (χ3n) is 3.75. The van der Waals surface area contributed by atoms with Gasteiger partial charge in [-0.25, -0.2) is 0 Å². The van der Waals surface area contributed by atoms with Crippen molar-refractivity contribution in [3.05, 3.63) is 0 Å². The fourth-order valence-corrected chi connectivity index (χ4v) is 2.27. The van der Waals surface area contributed by atoms with Crippen molar-refractivity contribution in [1.82, 2.24) is 10.2 Å². The van der Waals surface area contributed by atoms with Gasteiger partial charge in [-0.05, 0) is 25.8 Å². The van der Waals surface area contributed by atoms with Gasteiger partial charge in [-0.15, -0.1) is 0 Å². The normalized spacial score (nSPS) is 16.6. The zero-order valence-electron chi connectivity index (χ0n) is 13.9. The molecule has 0 radical (unpaired) electrons. The smallest absolute Gasteiger partial charge is 0.0897 e. The second-order valence-corrected chi connectivity index (χ2v) is 5.76. The number of hydrogen-bond acceptors (Lipinski definition) is 5. The predicted molar refractivity (Wildman–Crippen MR) is 85.7 cm³/mol. The van der Waals surface area contributed by atoms with E-state index in [-0.39, 0.29) is 0 Å². The average Bonchev–Trinajstić information content (AvgIpc) is 3.31. The second-order valence-electron chi connectivity index (χ2n) is 5.76. The summed E-state index contributed by atoms with van der Waals surface area (Å²) in [4.78, 5) is 2.50. The Hall–Kier alpha value is -0.200. The molecule has 0 amide bonds. The Balaban J connectivity index is 1.83. The lowest BCUT2D eigenvalue weighted by molar-refractivity contribution is 0.00385. The monoisotopic (exact) mass is 302 g/mol. The van der Waals surface area contributed by atoms with Crippen LogP contribution in [0, 0.1) is 0 Å². The first-order chi connectivity index (χ1) is 10.3. The van der Waals surface area contributed by atoms with Crippen LogP contribution in [0.4, 0.5) is 0 Å². The largest absolute Gasteiger partial charge is 0.389 e. The molecule has 21 heavy (non-hydrogen) atoms. The van der Waals surface area contributed by atoms with E-state index in [0.29, 0.717) is 26.4 Å². The van der Waals surface area contributed by atoms with Crippen LogP contribution >= 0.6 is 0 Å². The van der Waals surface area contributed by atoms with Crippen LogP contribution < -0.4 is 5.32 Å². The topological polar surface area (TPSA) is 54.0 Å². The molecule has 2 N–H and O–H groups in total. The molecule has 1 atom stereocenters. The Kier molecular flexibility index (Phi) is 11.1. The highest BCUT2D eigenvalue weighted by Crippen LogP contribution is 2.25. The summed E-state index contributed by atoms with van der Waals surface area (Å²) < 4.78 is 10.8. The Morgan fingerprint density at radius 2 is 1.95 bits per heavy atom. The summed E-state index contributed by atoms with van der Waals surface area (Å²) in [5, 5.41) is 13.1. The van der Waals surface area contributed by atoms with E-state index in [4.69, 9.17) is 9.47 Å². The van der Waals surface area contributed by atoms with Gasteiger partial charge in [0, 0.05) is 32.3 Å². The molecule has 0 aromatic carbocycles. The minimum absolute atomic E-state index is 0.379. The molecule has 1 aliphatic rings. The van der Waals surface area contributed by atoms with E-state index >= 15 is 0 Å². The molecule has 0 aromatic rings. The van der Waals surface area contributed by atoms with Crippen molar-refractivity contribution < 1.29 is 14.6 Å². The van der Waals surface area contributed by atoms with E-state index in [0.717, 1.165) is 45.1 Å². The highest BCUT2D eigenvalue weighted by molar-refractivity contribution is 4.84. The lowest BCUT2D eigenvalue weighted by Gasteiger charge is -2.20. The molecule has 1 saturated carbocycles. The number of hydrogen-bond donors (Lipinski definition) is 2. The fraction of sp³-hybridized carbons (Fsp3) is 1.00. The zero-order valence-corrected chi connectivity index (χ0v) is 13.9. The van der Waals surface area contributed by atoms with Crippen molar-refractivity contribution in [2.24, 2.45) is 0 Å². The first-order valence-electron chi connectivity index (χ1n) is 8.56. The van der Waals surface area contributed by atoms with E-state index < -0.39 is 6.10 Å². The second kappa shape index (κ2) is 12.4. The predicted octanol–water partition coefficient (Wildman–Crippen LogP) is 1.25. The summed E-state index contributed by atoms with van der Waals surface area (Å²) in [5.74, 6) is 0. The summed E-state index contributed by atoms with van der Waals surface area (Å²) >= 11 is 0. The molecule has 1 aliphatic carbocycles. The SMILES string of the molecule is CCCCOCCOCC(O)CNCCN(CC)C1CC1. The molecule has 126 valence electrons. The van der Waals surface area contributed by atoms with E-state index in [2.05, 4.69) is 24.1 Å².